The Morgan fingerprint density at radius 2 is 2.03 bits per heavy atom. The van der Waals surface area contributed by atoms with Gasteiger partial charge in [0, 0.05) is 14.1 Å². The first-order valence-electron chi connectivity index (χ1n) is 9.32. The van der Waals surface area contributed by atoms with E-state index in [9.17, 15) is 24.5 Å². The summed E-state index contributed by atoms with van der Waals surface area (Å²) in [7, 11) is 2.13. The molecule has 1 atom stereocenters. The lowest BCUT2D eigenvalue weighted by Gasteiger charge is -2.40. The molecule has 30 heavy (non-hydrogen) atoms. The van der Waals surface area contributed by atoms with Crippen molar-refractivity contribution < 1.29 is 33.9 Å². The molecule has 2 aliphatic heterocycles. The summed E-state index contributed by atoms with van der Waals surface area (Å²) in [5, 5.41) is 19.3. The molecule has 1 saturated heterocycles. The number of carboxylic acid groups (broad SMARTS) is 1. The number of carbonyl (C=O) groups is 3. The van der Waals surface area contributed by atoms with Crippen molar-refractivity contribution in [3.63, 3.8) is 0 Å². The van der Waals surface area contributed by atoms with E-state index >= 15 is 0 Å². The molecular weight excluding hydrogens is 416 g/mol. The summed E-state index contributed by atoms with van der Waals surface area (Å²) in [6.07, 6.45) is 0.413. The highest BCUT2D eigenvalue weighted by atomic mass is 35.5. The second-order valence-electron chi connectivity index (χ2n) is 7.43. The molecule has 0 radical (unpaired) electrons. The first-order chi connectivity index (χ1) is 13.7. The molecule has 0 saturated carbocycles. The highest BCUT2D eigenvalue weighted by molar-refractivity contribution is 6.44. The van der Waals surface area contributed by atoms with Crippen molar-refractivity contribution in [3.05, 3.63) is 23.3 Å². The lowest BCUT2D eigenvalue weighted by Crippen LogP contribution is -2.60. The molecule has 12 heteroatoms. The summed E-state index contributed by atoms with van der Waals surface area (Å²) in [4.78, 5) is 38.6. The largest absolute Gasteiger partial charge is 0.535 e. The summed E-state index contributed by atoms with van der Waals surface area (Å²) < 4.78 is 11.1. The summed E-state index contributed by atoms with van der Waals surface area (Å²) in [6.45, 7) is 0.477. The van der Waals surface area contributed by atoms with Crippen LogP contribution in [0.4, 0.5) is 0 Å². The zero-order valence-electron chi connectivity index (χ0n) is 16.7. The van der Waals surface area contributed by atoms with Crippen LogP contribution in [-0.4, -0.2) is 84.2 Å². The minimum atomic E-state index is -1.22. The van der Waals surface area contributed by atoms with E-state index in [4.69, 9.17) is 15.1 Å². The average molecular weight is 442 g/mol. The SMILES string of the molecule is CN(C)C(=O)C[C@@H](N)C(=O)N1CC(Oc2ccc3c(c2C(=O)O)OB(O)CC3)C1.Cl. The number of ether oxygens (including phenoxy) is 1. The molecule has 3 rings (SSSR count). The maximum absolute atomic E-state index is 12.3. The number of nitrogens with zero attached hydrogens (tertiary/aromatic N) is 2. The number of nitrogens with two attached hydrogens (primary N) is 1. The Morgan fingerprint density at radius 3 is 2.63 bits per heavy atom. The highest BCUT2D eigenvalue weighted by Crippen LogP contribution is 2.37. The lowest BCUT2D eigenvalue weighted by molar-refractivity contribution is -0.144. The first-order valence-corrected chi connectivity index (χ1v) is 9.32. The summed E-state index contributed by atoms with van der Waals surface area (Å²) in [5.74, 6) is -1.57. The van der Waals surface area contributed by atoms with Gasteiger partial charge in [0.05, 0.1) is 25.6 Å². The van der Waals surface area contributed by atoms with Crippen molar-refractivity contribution >= 4 is 37.3 Å². The van der Waals surface area contributed by atoms with Crippen LogP contribution in [0.2, 0.25) is 6.32 Å². The Bertz CT molecular complexity index is 832. The van der Waals surface area contributed by atoms with E-state index in [0.717, 1.165) is 0 Å². The summed E-state index contributed by atoms with van der Waals surface area (Å²) >= 11 is 0. The van der Waals surface area contributed by atoms with Crippen LogP contribution in [0.1, 0.15) is 22.3 Å². The third kappa shape index (κ3) is 4.97. The van der Waals surface area contributed by atoms with Gasteiger partial charge in [-0.1, -0.05) is 6.07 Å². The second-order valence-corrected chi connectivity index (χ2v) is 7.43. The Hall–Kier alpha value is -2.50. The van der Waals surface area contributed by atoms with Crippen LogP contribution >= 0.6 is 12.4 Å². The standard InChI is InChI=1S/C18H24BN3O7.ClH/c1-21(2)14(23)7-12(20)17(24)22-8-11(9-22)28-13-4-3-10-5-6-19(27)29-16(10)15(13)18(25)26;/h3-4,11-12,27H,5-9,20H2,1-2H3,(H,25,26);1H/t12-;/m1./s1. The molecule has 0 aliphatic carbocycles. The summed E-state index contributed by atoms with van der Waals surface area (Å²) in [6, 6.07) is 2.35. The van der Waals surface area contributed by atoms with Crippen LogP contribution in [0, 0.1) is 0 Å². The number of aryl methyl sites for hydroxylation is 1. The van der Waals surface area contributed by atoms with Crippen LogP contribution in [-0.2, 0) is 16.0 Å². The summed E-state index contributed by atoms with van der Waals surface area (Å²) in [5.41, 5.74) is 6.38. The van der Waals surface area contributed by atoms with Gasteiger partial charge in [-0.3, -0.25) is 9.59 Å². The molecule has 1 fully saturated rings. The molecule has 0 aromatic heterocycles. The molecule has 2 heterocycles. The molecule has 1 aromatic rings. The number of amides is 2. The van der Waals surface area contributed by atoms with Gasteiger partial charge >= 0.3 is 13.1 Å². The van der Waals surface area contributed by atoms with Crippen molar-refractivity contribution in [3.8, 4) is 11.5 Å². The number of likely N-dealkylation sites (tertiary alicyclic amines) is 1. The number of carbonyl (C=O) groups excluding carboxylic acids is 2. The maximum atomic E-state index is 12.3. The maximum Gasteiger partial charge on any atom is 0.522 e. The van der Waals surface area contributed by atoms with E-state index in [1.807, 2.05) is 0 Å². The third-order valence-electron chi connectivity index (χ3n) is 4.99. The molecule has 0 bridgehead atoms. The number of carboxylic acids is 1. The van der Waals surface area contributed by atoms with E-state index < -0.39 is 25.2 Å². The quantitative estimate of drug-likeness (QED) is 0.507. The van der Waals surface area contributed by atoms with Crippen LogP contribution in [0.3, 0.4) is 0 Å². The van der Waals surface area contributed by atoms with Crippen molar-refractivity contribution in [1.29, 1.82) is 0 Å². The molecular formula is C18H25BClN3O7. The van der Waals surface area contributed by atoms with Gasteiger partial charge in [0.15, 0.2) is 0 Å². The fourth-order valence-electron chi connectivity index (χ4n) is 3.28. The van der Waals surface area contributed by atoms with Gasteiger partial charge < -0.3 is 35.1 Å². The number of halogens is 1. The van der Waals surface area contributed by atoms with Gasteiger partial charge in [0.25, 0.3) is 0 Å². The molecule has 1 aromatic carbocycles. The van der Waals surface area contributed by atoms with Crippen LogP contribution < -0.4 is 15.1 Å². The zero-order chi connectivity index (χ0) is 21.3. The van der Waals surface area contributed by atoms with Crippen LogP contribution in [0.5, 0.6) is 11.5 Å². The minimum Gasteiger partial charge on any atom is -0.535 e. The molecule has 0 spiro atoms. The normalized spacial score (nSPS) is 16.4. The molecule has 4 N–H and O–H groups in total. The van der Waals surface area contributed by atoms with E-state index in [2.05, 4.69) is 0 Å². The Kier molecular flexibility index (Phi) is 7.56. The topological polar surface area (TPSA) is 143 Å². The van der Waals surface area contributed by atoms with E-state index in [-0.39, 0.29) is 60.8 Å². The molecule has 0 unspecified atom stereocenters. The van der Waals surface area contributed by atoms with Gasteiger partial charge in [-0.15, -0.1) is 12.4 Å². The smallest absolute Gasteiger partial charge is 0.522 e. The van der Waals surface area contributed by atoms with Crippen LogP contribution in [0.25, 0.3) is 0 Å². The van der Waals surface area contributed by atoms with Crippen molar-refractivity contribution in [2.75, 3.05) is 27.2 Å². The first kappa shape index (κ1) is 23.8. The highest BCUT2D eigenvalue weighted by Gasteiger charge is 2.37. The number of rotatable bonds is 6. The Balaban J connectivity index is 0.00000320. The fourth-order valence-corrected chi connectivity index (χ4v) is 3.28. The lowest BCUT2D eigenvalue weighted by atomic mass is 9.78. The van der Waals surface area contributed by atoms with Gasteiger partial charge in [-0.2, -0.15) is 0 Å². The average Bonchev–Trinajstić information content (AvgIpc) is 2.62. The number of aromatic carboxylic acids is 1. The predicted octanol–water partition coefficient (Wildman–Crippen LogP) is -0.383. The number of hydrogen-bond acceptors (Lipinski definition) is 7. The Labute approximate surface area is 180 Å². The van der Waals surface area contributed by atoms with E-state index in [1.54, 1.807) is 26.2 Å². The number of benzene rings is 1. The van der Waals surface area contributed by atoms with Gasteiger partial charge in [0.2, 0.25) is 11.8 Å². The minimum absolute atomic E-state index is 0. The van der Waals surface area contributed by atoms with Gasteiger partial charge in [-0.05, 0) is 24.4 Å². The second kappa shape index (κ2) is 9.54. The van der Waals surface area contributed by atoms with Crippen molar-refractivity contribution in [2.45, 2.75) is 31.3 Å². The fraction of sp³-hybridized carbons (Fsp3) is 0.500. The third-order valence-corrected chi connectivity index (χ3v) is 4.99. The monoisotopic (exact) mass is 441 g/mol. The van der Waals surface area contributed by atoms with E-state index in [1.165, 1.54) is 9.80 Å². The molecule has 2 amide bonds. The van der Waals surface area contributed by atoms with Crippen molar-refractivity contribution in [2.24, 2.45) is 5.73 Å². The van der Waals surface area contributed by atoms with Crippen LogP contribution in [0.15, 0.2) is 12.1 Å². The number of hydrogen-bond donors (Lipinski definition) is 3. The van der Waals surface area contributed by atoms with Gasteiger partial charge in [0.1, 0.15) is 23.2 Å². The van der Waals surface area contributed by atoms with Gasteiger partial charge in [-0.25, -0.2) is 4.79 Å². The molecule has 2 aliphatic rings. The zero-order valence-corrected chi connectivity index (χ0v) is 17.6. The molecule has 10 nitrogen and oxygen atoms in total. The van der Waals surface area contributed by atoms with Crippen molar-refractivity contribution in [1.82, 2.24) is 9.80 Å². The van der Waals surface area contributed by atoms with E-state index in [0.29, 0.717) is 18.3 Å². The molecule has 164 valence electrons. The predicted molar refractivity (Wildman–Crippen MR) is 110 cm³/mol. The number of fused-ring (bicyclic) bond motifs is 1. The Morgan fingerprint density at radius 1 is 1.37 bits per heavy atom.